The van der Waals surface area contributed by atoms with Crippen LogP contribution in [0.2, 0.25) is 0 Å². The highest BCUT2D eigenvalue weighted by Gasteiger charge is 2.49. The number of ether oxygens (including phenoxy) is 2. The molecule has 0 bridgehead atoms. The van der Waals surface area contributed by atoms with Gasteiger partial charge >= 0.3 is 12.3 Å². The molecular weight excluding hydrogens is 355 g/mol. The van der Waals surface area contributed by atoms with Gasteiger partial charge in [-0.05, 0) is 17.7 Å². The zero-order valence-corrected chi connectivity index (χ0v) is 12.2. The summed E-state index contributed by atoms with van der Waals surface area (Å²) in [6.45, 7) is 0. The van der Waals surface area contributed by atoms with Crippen molar-refractivity contribution in [1.82, 2.24) is 0 Å². The van der Waals surface area contributed by atoms with E-state index in [2.05, 4.69) is 15.9 Å². The molecule has 0 aromatic heterocycles. The van der Waals surface area contributed by atoms with Crippen LogP contribution in [0.5, 0.6) is 11.5 Å². The van der Waals surface area contributed by atoms with Crippen LogP contribution < -0.4 is 9.47 Å². The summed E-state index contributed by atoms with van der Waals surface area (Å²) in [5, 5.41) is -2.19. The van der Waals surface area contributed by atoms with E-state index in [9.17, 15) is 17.6 Å². The molecule has 0 saturated carbocycles. The maximum Gasteiger partial charge on any atom is 0.327 e. The summed E-state index contributed by atoms with van der Waals surface area (Å²) < 4.78 is 61.1. The molecule has 2 nitrogen and oxygen atoms in total. The van der Waals surface area contributed by atoms with Gasteiger partial charge in [0.2, 0.25) is 0 Å². The van der Waals surface area contributed by atoms with Gasteiger partial charge in [0.05, 0.1) is 14.2 Å². The third-order valence-electron chi connectivity index (χ3n) is 2.40. The smallest absolute Gasteiger partial charge is 0.327 e. The van der Waals surface area contributed by atoms with Gasteiger partial charge in [-0.3, -0.25) is 0 Å². The molecule has 0 heterocycles. The molecule has 0 aliphatic carbocycles. The quantitative estimate of drug-likeness (QED) is 0.559. The zero-order valence-electron chi connectivity index (χ0n) is 9.89. The van der Waals surface area contributed by atoms with Gasteiger partial charge in [-0.25, -0.2) is 8.78 Å². The number of benzene rings is 1. The van der Waals surface area contributed by atoms with Crippen molar-refractivity contribution in [2.75, 3.05) is 14.2 Å². The molecule has 0 fully saturated rings. The van der Waals surface area contributed by atoms with Gasteiger partial charge in [0, 0.05) is 4.47 Å². The lowest BCUT2D eigenvalue weighted by atomic mass is 10.1. The Bertz CT molecular complexity index is 457. The van der Waals surface area contributed by atoms with Gasteiger partial charge in [0.15, 0.2) is 11.5 Å². The summed E-state index contributed by atoms with van der Waals surface area (Å²) in [6, 6.07) is 2.46. The van der Waals surface area contributed by atoms with Crippen molar-refractivity contribution in [3.63, 3.8) is 0 Å². The summed E-state index contributed by atoms with van der Waals surface area (Å²) in [4.78, 5) is 0. The molecule has 0 radical (unpaired) electrons. The fourth-order valence-electron chi connectivity index (χ4n) is 1.38. The maximum absolute atomic E-state index is 13.2. The molecule has 8 heteroatoms. The molecule has 1 atom stereocenters. The highest BCUT2D eigenvalue weighted by molar-refractivity contribution is 9.10. The van der Waals surface area contributed by atoms with Crippen LogP contribution in [0.15, 0.2) is 16.6 Å². The molecule has 0 amide bonds. The van der Waals surface area contributed by atoms with Gasteiger partial charge < -0.3 is 9.47 Å². The Morgan fingerprint density at radius 3 is 2.05 bits per heavy atom. The highest BCUT2D eigenvalue weighted by atomic mass is 79.9. The first kappa shape index (κ1) is 16.4. The number of halogens is 6. The summed E-state index contributed by atoms with van der Waals surface area (Å²) in [7, 11) is 2.65. The Hall–Kier alpha value is -0.690. The largest absolute Gasteiger partial charge is 0.493 e. The van der Waals surface area contributed by atoms with Gasteiger partial charge in [-0.1, -0.05) is 15.9 Å². The summed E-state index contributed by atoms with van der Waals surface area (Å²) in [6.07, 6.45) is -3.87. The SMILES string of the molecule is COc1cc(Br)c(C(Cl)C(F)(F)C(F)F)cc1OC. The molecule has 19 heavy (non-hydrogen) atoms. The first-order valence-electron chi connectivity index (χ1n) is 4.97. The average Bonchev–Trinajstić information content (AvgIpc) is 2.37. The minimum absolute atomic E-state index is 0.122. The number of alkyl halides is 5. The highest BCUT2D eigenvalue weighted by Crippen LogP contribution is 2.46. The van der Waals surface area contributed by atoms with E-state index in [4.69, 9.17) is 21.1 Å². The van der Waals surface area contributed by atoms with E-state index in [-0.39, 0.29) is 21.5 Å². The van der Waals surface area contributed by atoms with Crippen LogP contribution in [0.1, 0.15) is 10.9 Å². The van der Waals surface area contributed by atoms with E-state index in [1.807, 2.05) is 0 Å². The Kier molecular flexibility index (Phi) is 5.32. The predicted molar refractivity (Wildman–Crippen MR) is 66.8 cm³/mol. The van der Waals surface area contributed by atoms with Gasteiger partial charge in [0.1, 0.15) is 5.38 Å². The van der Waals surface area contributed by atoms with Crippen LogP contribution >= 0.6 is 27.5 Å². The van der Waals surface area contributed by atoms with Crippen LogP contribution in [-0.2, 0) is 0 Å². The van der Waals surface area contributed by atoms with Crippen LogP contribution in [0.25, 0.3) is 0 Å². The van der Waals surface area contributed by atoms with Crippen molar-refractivity contribution < 1.29 is 27.0 Å². The molecule has 1 aromatic carbocycles. The van der Waals surface area contributed by atoms with E-state index >= 15 is 0 Å². The Morgan fingerprint density at radius 1 is 1.16 bits per heavy atom. The number of rotatable bonds is 5. The third kappa shape index (κ3) is 3.25. The molecule has 0 aliphatic heterocycles. The first-order valence-corrected chi connectivity index (χ1v) is 6.20. The van der Waals surface area contributed by atoms with E-state index in [0.29, 0.717) is 0 Å². The molecule has 0 spiro atoms. The van der Waals surface area contributed by atoms with Crippen LogP contribution in [-0.4, -0.2) is 26.6 Å². The van der Waals surface area contributed by atoms with E-state index in [0.717, 1.165) is 6.07 Å². The van der Waals surface area contributed by atoms with Crippen LogP contribution in [0.3, 0.4) is 0 Å². The van der Waals surface area contributed by atoms with E-state index in [1.54, 1.807) is 0 Å². The van der Waals surface area contributed by atoms with Gasteiger partial charge in [0.25, 0.3) is 0 Å². The third-order valence-corrected chi connectivity index (χ3v) is 3.62. The zero-order chi connectivity index (χ0) is 14.8. The second-order valence-corrected chi connectivity index (χ2v) is 4.86. The fourth-order valence-corrected chi connectivity index (χ4v) is 2.34. The van der Waals surface area contributed by atoms with E-state index < -0.39 is 17.7 Å². The predicted octanol–water partition coefficient (Wildman–Crippen LogP) is 4.65. The standard InChI is InChI=1S/C11H10BrClF4O2/c1-18-7-3-5(6(12)4-8(7)19-2)9(13)11(16,17)10(14)15/h3-4,9-10H,1-2H3. The molecule has 1 rings (SSSR count). The molecule has 0 saturated heterocycles. The Balaban J connectivity index is 3.28. The molecule has 0 N–H and O–H groups in total. The lowest BCUT2D eigenvalue weighted by Gasteiger charge is -2.23. The molecule has 0 aliphatic rings. The molecular formula is C11H10BrClF4O2. The molecule has 1 aromatic rings. The van der Waals surface area contributed by atoms with Crippen molar-refractivity contribution in [3.8, 4) is 11.5 Å². The Labute approximate surface area is 120 Å². The second-order valence-electron chi connectivity index (χ2n) is 3.57. The number of hydrogen-bond acceptors (Lipinski definition) is 2. The van der Waals surface area contributed by atoms with Crippen molar-refractivity contribution >= 4 is 27.5 Å². The van der Waals surface area contributed by atoms with Crippen molar-refractivity contribution in [3.05, 3.63) is 22.2 Å². The summed E-state index contributed by atoms with van der Waals surface area (Å²) in [5.41, 5.74) is -0.204. The van der Waals surface area contributed by atoms with Crippen LogP contribution in [0, 0.1) is 0 Å². The second kappa shape index (κ2) is 6.17. The maximum atomic E-state index is 13.2. The van der Waals surface area contributed by atoms with E-state index in [1.165, 1.54) is 20.3 Å². The minimum atomic E-state index is -4.36. The molecule has 108 valence electrons. The summed E-state index contributed by atoms with van der Waals surface area (Å²) >= 11 is 8.46. The number of hydrogen-bond donors (Lipinski definition) is 0. The van der Waals surface area contributed by atoms with Crippen molar-refractivity contribution in [1.29, 1.82) is 0 Å². The van der Waals surface area contributed by atoms with Crippen molar-refractivity contribution in [2.45, 2.75) is 17.7 Å². The molecule has 1 unspecified atom stereocenters. The average molecular weight is 366 g/mol. The minimum Gasteiger partial charge on any atom is -0.493 e. The first-order chi connectivity index (χ1) is 8.75. The van der Waals surface area contributed by atoms with Crippen molar-refractivity contribution in [2.24, 2.45) is 0 Å². The lowest BCUT2D eigenvalue weighted by molar-refractivity contribution is -0.130. The van der Waals surface area contributed by atoms with Crippen LogP contribution in [0.4, 0.5) is 17.6 Å². The summed E-state index contributed by atoms with van der Waals surface area (Å²) in [5.74, 6) is -3.97. The Morgan fingerprint density at radius 2 is 1.63 bits per heavy atom. The lowest BCUT2D eigenvalue weighted by Crippen LogP contribution is -2.31. The van der Waals surface area contributed by atoms with Gasteiger partial charge in [-0.2, -0.15) is 8.78 Å². The monoisotopic (exact) mass is 364 g/mol. The normalized spacial score (nSPS) is 13.5. The van der Waals surface area contributed by atoms with Gasteiger partial charge in [-0.15, -0.1) is 11.6 Å². The fraction of sp³-hybridized carbons (Fsp3) is 0.455. The topological polar surface area (TPSA) is 18.5 Å². The number of methoxy groups -OCH3 is 2.